The summed E-state index contributed by atoms with van der Waals surface area (Å²) < 4.78 is 7.27. The number of alkyl halides is 1. The monoisotopic (exact) mass is 378 g/mol. The molecule has 1 nitrogen and oxygen atoms in total. The van der Waals surface area contributed by atoms with E-state index in [0.29, 0.717) is 0 Å². The summed E-state index contributed by atoms with van der Waals surface area (Å²) in [5.41, 5.74) is 2.62. The van der Waals surface area contributed by atoms with Crippen LogP contribution in [0.25, 0.3) is 0 Å². The van der Waals surface area contributed by atoms with Gasteiger partial charge in [0.05, 0.1) is 0 Å². The van der Waals surface area contributed by atoms with Gasteiger partial charge in [-0.15, -0.1) is 0 Å². The highest BCUT2D eigenvalue weighted by molar-refractivity contribution is 9.10. The van der Waals surface area contributed by atoms with Crippen molar-refractivity contribution < 1.29 is 4.43 Å². The van der Waals surface area contributed by atoms with E-state index in [1.807, 2.05) is 0 Å². The summed E-state index contributed by atoms with van der Waals surface area (Å²) in [4.78, 5) is 0. The van der Waals surface area contributed by atoms with E-state index in [1.54, 1.807) is 0 Å². The molecule has 17 heavy (non-hydrogen) atoms. The normalized spacial score (nSPS) is 12.0. The highest BCUT2D eigenvalue weighted by atomic mass is 79.9. The number of benzene rings is 1. The third-order valence-corrected chi connectivity index (χ3v) is 4.51. The van der Waals surface area contributed by atoms with E-state index in [1.165, 1.54) is 11.1 Å². The second-order valence-electron chi connectivity index (χ2n) is 5.45. The molecule has 0 atom stereocenters. The van der Waals surface area contributed by atoms with Crippen LogP contribution in [-0.2, 0) is 10.7 Å². The third-order valence-electron chi connectivity index (χ3n) is 2.50. The van der Waals surface area contributed by atoms with Gasteiger partial charge in [0, 0.05) is 15.4 Å². The van der Waals surface area contributed by atoms with Gasteiger partial charge < -0.3 is 4.43 Å². The Hall–Kier alpha value is 0.197. The highest BCUT2D eigenvalue weighted by Crippen LogP contribution is 2.39. The standard InChI is InChI=1S/C13H20Br2OSi/c1-13(2,3)10-6-7-11(15)9(8-14)12(10)16-17(4)5/h6-7,17H,8H2,1-5H3. The molecule has 1 aromatic rings. The Morgan fingerprint density at radius 3 is 2.24 bits per heavy atom. The first-order valence-corrected chi connectivity index (χ1v) is 10.5. The maximum Gasteiger partial charge on any atom is 0.229 e. The summed E-state index contributed by atoms with van der Waals surface area (Å²) in [6.45, 7) is 11.1. The minimum atomic E-state index is -1.10. The van der Waals surface area contributed by atoms with Gasteiger partial charge in [-0.1, -0.05) is 58.7 Å². The van der Waals surface area contributed by atoms with Crippen LogP contribution in [0, 0.1) is 0 Å². The lowest BCUT2D eigenvalue weighted by Crippen LogP contribution is -2.19. The molecule has 0 N–H and O–H groups in total. The molecule has 1 aromatic carbocycles. The number of hydrogen-bond donors (Lipinski definition) is 0. The second kappa shape index (κ2) is 5.89. The van der Waals surface area contributed by atoms with Crippen molar-refractivity contribution in [1.82, 2.24) is 0 Å². The van der Waals surface area contributed by atoms with Gasteiger partial charge in [0.2, 0.25) is 9.04 Å². The highest BCUT2D eigenvalue weighted by Gasteiger charge is 2.23. The van der Waals surface area contributed by atoms with Crippen molar-refractivity contribution in [1.29, 1.82) is 0 Å². The van der Waals surface area contributed by atoms with E-state index in [-0.39, 0.29) is 5.41 Å². The van der Waals surface area contributed by atoms with Crippen LogP contribution in [-0.4, -0.2) is 9.04 Å². The van der Waals surface area contributed by atoms with Gasteiger partial charge in [0.1, 0.15) is 5.75 Å². The Morgan fingerprint density at radius 1 is 1.24 bits per heavy atom. The molecule has 96 valence electrons. The molecule has 0 aliphatic carbocycles. The average molecular weight is 380 g/mol. The van der Waals surface area contributed by atoms with Crippen molar-refractivity contribution in [3.8, 4) is 5.75 Å². The third kappa shape index (κ3) is 3.83. The van der Waals surface area contributed by atoms with Crippen molar-refractivity contribution in [2.75, 3.05) is 0 Å². The Bertz CT molecular complexity index is 397. The maximum atomic E-state index is 6.15. The first-order valence-electron chi connectivity index (χ1n) is 5.82. The van der Waals surface area contributed by atoms with Gasteiger partial charge in [-0.3, -0.25) is 0 Å². The predicted octanol–water partition coefficient (Wildman–Crippen LogP) is 5.00. The maximum absolute atomic E-state index is 6.15. The summed E-state index contributed by atoms with van der Waals surface area (Å²) in [6.07, 6.45) is 0. The van der Waals surface area contributed by atoms with E-state index in [0.717, 1.165) is 15.6 Å². The van der Waals surface area contributed by atoms with Crippen molar-refractivity contribution in [3.63, 3.8) is 0 Å². The van der Waals surface area contributed by atoms with Crippen LogP contribution in [0.5, 0.6) is 5.75 Å². The molecule has 0 aliphatic rings. The van der Waals surface area contributed by atoms with Crippen molar-refractivity contribution in [2.24, 2.45) is 0 Å². The molecule has 0 aliphatic heterocycles. The van der Waals surface area contributed by atoms with E-state index >= 15 is 0 Å². The fourth-order valence-corrected chi connectivity index (χ4v) is 3.82. The molecule has 0 bridgehead atoms. The van der Waals surface area contributed by atoms with Crippen LogP contribution in [0.2, 0.25) is 13.1 Å². The molecular weight excluding hydrogens is 360 g/mol. The van der Waals surface area contributed by atoms with Gasteiger partial charge >= 0.3 is 0 Å². The topological polar surface area (TPSA) is 9.23 Å². The van der Waals surface area contributed by atoms with Crippen LogP contribution in [0.4, 0.5) is 0 Å². The lowest BCUT2D eigenvalue weighted by atomic mass is 9.85. The van der Waals surface area contributed by atoms with Crippen LogP contribution >= 0.6 is 31.9 Å². The van der Waals surface area contributed by atoms with Crippen LogP contribution in [0.3, 0.4) is 0 Å². The molecule has 4 heteroatoms. The zero-order valence-electron chi connectivity index (χ0n) is 11.1. The Balaban J connectivity index is 3.40. The Labute approximate surface area is 123 Å². The average Bonchev–Trinajstić information content (AvgIpc) is 2.15. The second-order valence-corrected chi connectivity index (χ2v) is 9.20. The van der Waals surface area contributed by atoms with Gasteiger partial charge in [0.25, 0.3) is 0 Å². The molecule has 1 rings (SSSR count). The van der Waals surface area contributed by atoms with Crippen molar-refractivity contribution in [2.45, 2.75) is 44.6 Å². The summed E-state index contributed by atoms with van der Waals surface area (Å²) in [7, 11) is -1.10. The van der Waals surface area contributed by atoms with Gasteiger partial charge in [0.15, 0.2) is 0 Å². The van der Waals surface area contributed by atoms with Gasteiger partial charge in [-0.25, -0.2) is 0 Å². The Morgan fingerprint density at radius 2 is 1.82 bits per heavy atom. The smallest absolute Gasteiger partial charge is 0.229 e. The van der Waals surface area contributed by atoms with Crippen molar-refractivity contribution in [3.05, 3.63) is 27.7 Å². The lowest BCUT2D eigenvalue weighted by molar-refractivity contribution is 0.516. The SMILES string of the molecule is C[SiH](C)Oc1c(C(C)(C)C)ccc(Br)c1CBr. The molecule has 0 heterocycles. The van der Waals surface area contributed by atoms with Crippen molar-refractivity contribution >= 4 is 40.9 Å². The quantitative estimate of drug-likeness (QED) is 0.530. The summed E-state index contributed by atoms with van der Waals surface area (Å²) in [5.74, 6) is 1.07. The minimum Gasteiger partial charge on any atom is -0.547 e. The molecule has 0 saturated carbocycles. The molecule has 0 unspecified atom stereocenters. The molecular formula is C13H20Br2OSi. The van der Waals surface area contributed by atoms with Gasteiger partial charge in [-0.2, -0.15) is 0 Å². The zero-order chi connectivity index (χ0) is 13.2. The lowest BCUT2D eigenvalue weighted by Gasteiger charge is -2.26. The summed E-state index contributed by atoms with van der Waals surface area (Å²) in [5, 5.41) is 0.813. The fourth-order valence-electron chi connectivity index (χ4n) is 1.69. The Kier molecular flexibility index (Phi) is 5.29. The van der Waals surface area contributed by atoms with E-state index in [9.17, 15) is 0 Å². The molecule has 0 aromatic heterocycles. The van der Waals surface area contributed by atoms with Crippen LogP contribution in [0.1, 0.15) is 31.9 Å². The minimum absolute atomic E-state index is 0.107. The van der Waals surface area contributed by atoms with E-state index in [2.05, 4.69) is 77.9 Å². The molecule has 0 saturated heterocycles. The van der Waals surface area contributed by atoms with Crippen LogP contribution in [0.15, 0.2) is 16.6 Å². The molecule has 0 spiro atoms. The first kappa shape index (κ1) is 15.3. The van der Waals surface area contributed by atoms with E-state index in [4.69, 9.17) is 4.43 Å². The van der Waals surface area contributed by atoms with Crippen LogP contribution < -0.4 is 4.43 Å². The molecule has 0 fully saturated rings. The summed E-state index contributed by atoms with van der Waals surface area (Å²) >= 11 is 7.16. The molecule has 0 amide bonds. The largest absolute Gasteiger partial charge is 0.547 e. The zero-order valence-corrected chi connectivity index (χ0v) is 15.4. The fraction of sp³-hybridized carbons (Fsp3) is 0.538. The number of rotatable bonds is 3. The summed E-state index contributed by atoms with van der Waals surface area (Å²) in [6, 6.07) is 4.29. The number of halogens is 2. The molecule has 0 radical (unpaired) electrons. The predicted molar refractivity (Wildman–Crippen MR) is 85.0 cm³/mol. The van der Waals surface area contributed by atoms with E-state index < -0.39 is 9.04 Å². The first-order chi connectivity index (χ1) is 7.77. The van der Waals surface area contributed by atoms with Gasteiger partial charge in [-0.05, 0) is 30.1 Å². The number of hydrogen-bond acceptors (Lipinski definition) is 1.